The van der Waals surface area contributed by atoms with Gasteiger partial charge < -0.3 is 10.2 Å². The van der Waals surface area contributed by atoms with Crippen molar-refractivity contribution < 1.29 is 9.18 Å². The van der Waals surface area contributed by atoms with Gasteiger partial charge in [-0.3, -0.25) is 4.79 Å². The van der Waals surface area contributed by atoms with Crippen LogP contribution in [0.4, 0.5) is 4.39 Å². The van der Waals surface area contributed by atoms with Gasteiger partial charge in [-0.2, -0.15) is 0 Å². The molecular formula is C12H14ClFN2O. The number of hydrogen-bond acceptors (Lipinski definition) is 2. The van der Waals surface area contributed by atoms with Crippen LogP contribution in [0.1, 0.15) is 5.56 Å². The minimum atomic E-state index is -0.377. The standard InChI is InChI=1S/C12H14ClFN2O/c13-10-1-2-11(14)9(7-10)8-12(17)16-5-3-15-4-6-16/h1-2,7,15H,3-6,8H2. The van der Waals surface area contributed by atoms with Gasteiger partial charge in [-0.05, 0) is 23.8 Å². The topological polar surface area (TPSA) is 32.3 Å². The fourth-order valence-corrected chi connectivity index (χ4v) is 2.06. The molecule has 0 bridgehead atoms. The summed E-state index contributed by atoms with van der Waals surface area (Å²) >= 11 is 5.78. The van der Waals surface area contributed by atoms with Crippen LogP contribution in [-0.4, -0.2) is 37.0 Å². The second-order valence-electron chi connectivity index (χ2n) is 4.04. The largest absolute Gasteiger partial charge is 0.340 e. The van der Waals surface area contributed by atoms with E-state index in [-0.39, 0.29) is 18.1 Å². The zero-order valence-corrected chi connectivity index (χ0v) is 10.1. The summed E-state index contributed by atoms with van der Waals surface area (Å²) in [6.07, 6.45) is 0.0758. The van der Waals surface area contributed by atoms with E-state index < -0.39 is 0 Å². The van der Waals surface area contributed by atoms with Crippen molar-refractivity contribution in [2.45, 2.75) is 6.42 Å². The van der Waals surface area contributed by atoms with E-state index in [1.54, 1.807) is 4.90 Å². The second-order valence-corrected chi connectivity index (χ2v) is 4.48. The Morgan fingerprint density at radius 2 is 2.12 bits per heavy atom. The normalized spacial score (nSPS) is 16.0. The molecule has 0 radical (unpaired) electrons. The number of carbonyl (C=O) groups excluding carboxylic acids is 1. The molecule has 17 heavy (non-hydrogen) atoms. The van der Waals surface area contributed by atoms with Gasteiger partial charge in [0.2, 0.25) is 5.91 Å². The number of amides is 1. The number of piperazine rings is 1. The molecule has 1 saturated heterocycles. The van der Waals surface area contributed by atoms with Crippen LogP contribution in [0.15, 0.2) is 18.2 Å². The molecule has 1 N–H and O–H groups in total. The molecule has 5 heteroatoms. The lowest BCUT2D eigenvalue weighted by Gasteiger charge is -2.27. The molecule has 1 heterocycles. The molecule has 1 amide bonds. The first-order valence-corrected chi connectivity index (χ1v) is 5.97. The SMILES string of the molecule is O=C(Cc1cc(Cl)ccc1F)N1CCNCC1. The summed E-state index contributed by atoms with van der Waals surface area (Å²) in [6, 6.07) is 4.29. The molecule has 1 aliphatic heterocycles. The number of carbonyl (C=O) groups is 1. The van der Waals surface area contributed by atoms with E-state index in [0.29, 0.717) is 23.7 Å². The Morgan fingerprint density at radius 1 is 1.41 bits per heavy atom. The van der Waals surface area contributed by atoms with Crippen molar-refractivity contribution in [3.8, 4) is 0 Å². The predicted octanol–water partition coefficient (Wildman–Crippen LogP) is 1.45. The van der Waals surface area contributed by atoms with Crippen molar-refractivity contribution >= 4 is 17.5 Å². The van der Waals surface area contributed by atoms with Crippen molar-refractivity contribution in [3.05, 3.63) is 34.6 Å². The quantitative estimate of drug-likeness (QED) is 0.869. The zero-order valence-electron chi connectivity index (χ0n) is 9.38. The highest BCUT2D eigenvalue weighted by atomic mass is 35.5. The third-order valence-corrected chi connectivity index (χ3v) is 3.05. The molecule has 0 aliphatic carbocycles. The van der Waals surface area contributed by atoms with Gasteiger partial charge >= 0.3 is 0 Å². The van der Waals surface area contributed by atoms with Crippen molar-refractivity contribution in [2.24, 2.45) is 0 Å². The lowest BCUT2D eigenvalue weighted by molar-refractivity contribution is -0.131. The van der Waals surface area contributed by atoms with Gasteiger partial charge in [0.1, 0.15) is 5.82 Å². The van der Waals surface area contributed by atoms with E-state index >= 15 is 0 Å². The first-order chi connectivity index (χ1) is 8.16. The van der Waals surface area contributed by atoms with Crippen LogP contribution in [0.2, 0.25) is 5.02 Å². The van der Waals surface area contributed by atoms with Gasteiger partial charge in [0.05, 0.1) is 6.42 Å². The number of rotatable bonds is 2. The van der Waals surface area contributed by atoms with Gasteiger partial charge in [0, 0.05) is 31.2 Å². The number of benzene rings is 1. The molecule has 92 valence electrons. The molecule has 0 atom stereocenters. The third kappa shape index (κ3) is 3.17. The van der Waals surface area contributed by atoms with Crippen LogP contribution in [0, 0.1) is 5.82 Å². The molecular weight excluding hydrogens is 243 g/mol. The molecule has 1 fully saturated rings. The molecule has 0 unspecified atom stereocenters. The summed E-state index contributed by atoms with van der Waals surface area (Å²) in [5.74, 6) is -0.425. The summed E-state index contributed by atoms with van der Waals surface area (Å²) < 4.78 is 13.5. The highest BCUT2D eigenvalue weighted by molar-refractivity contribution is 6.30. The molecule has 1 aromatic rings. The average molecular weight is 257 g/mol. The summed E-state index contributed by atoms with van der Waals surface area (Å²) in [5.41, 5.74) is 0.362. The van der Waals surface area contributed by atoms with Crippen molar-refractivity contribution in [2.75, 3.05) is 26.2 Å². The number of nitrogens with one attached hydrogen (secondary N) is 1. The summed E-state index contributed by atoms with van der Waals surface area (Å²) in [7, 11) is 0. The van der Waals surface area contributed by atoms with Crippen LogP contribution in [0.5, 0.6) is 0 Å². The Hall–Kier alpha value is -1.13. The highest BCUT2D eigenvalue weighted by Crippen LogP contribution is 2.16. The van der Waals surface area contributed by atoms with Gasteiger partial charge in [-0.1, -0.05) is 11.6 Å². The molecule has 2 rings (SSSR count). The Morgan fingerprint density at radius 3 is 2.82 bits per heavy atom. The van der Waals surface area contributed by atoms with Crippen LogP contribution in [-0.2, 0) is 11.2 Å². The smallest absolute Gasteiger partial charge is 0.227 e. The monoisotopic (exact) mass is 256 g/mol. The van der Waals surface area contributed by atoms with E-state index in [9.17, 15) is 9.18 Å². The lowest BCUT2D eigenvalue weighted by atomic mass is 10.1. The third-order valence-electron chi connectivity index (χ3n) is 2.82. The molecule has 1 aromatic carbocycles. The second kappa shape index (κ2) is 5.47. The Balaban J connectivity index is 2.04. The molecule has 1 aliphatic rings. The van der Waals surface area contributed by atoms with Gasteiger partial charge in [0.15, 0.2) is 0 Å². The lowest BCUT2D eigenvalue weighted by Crippen LogP contribution is -2.47. The molecule has 0 saturated carbocycles. The predicted molar refractivity (Wildman–Crippen MR) is 64.6 cm³/mol. The molecule has 0 spiro atoms. The van der Waals surface area contributed by atoms with E-state index in [1.807, 2.05) is 0 Å². The maximum Gasteiger partial charge on any atom is 0.227 e. The van der Waals surface area contributed by atoms with Crippen molar-refractivity contribution in [1.29, 1.82) is 0 Å². The minimum absolute atomic E-state index is 0.0485. The average Bonchev–Trinajstić information content (AvgIpc) is 2.35. The zero-order chi connectivity index (χ0) is 12.3. The van der Waals surface area contributed by atoms with Gasteiger partial charge in [0.25, 0.3) is 0 Å². The van der Waals surface area contributed by atoms with Crippen LogP contribution in [0.25, 0.3) is 0 Å². The Kier molecular flexibility index (Phi) is 3.97. The summed E-state index contributed by atoms with van der Waals surface area (Å²) in [6.45, 7) is 2.95. The fraction of sp³-hybridized carbons (Fsp3) is 0.417. The van der Waals surface area contributed by atoms with E-state index in [1.165, 1.54) is 18.2 Å². The summed E-state index contributed by atoms with van der Waals surface area (Å²) in [4.78, 5) is 13.7. The van der Waals surface area contributed by atoms with E-state index in [4.69, 9.17) is 11.6 Å². The Labute approximate surface area is 105 Å². The number of hydrogen-bond donors (Lipinski definition) is 1. The van der Waals surface area contributed by atoms with E-state index in [2.05, 4.69) is 5.32 Å². The summed E-state index contributed by atoms with van der Waals surface area (Å²) in [5, 5.41) is 3.62. The van der Waals surface area contributed by atoms with Crippen molar-refractivity contribution in [3.63, 3.8) is 0 Å². The molecule has 0 aromatic heterocycles. The number of nitrogens with zero attached hydrogens (tertiary/aromatic N) is 1. The Bertz CT molecular complexity index is 419. The maximum atomic E-state index is 13.5. The van der Waals surface area contributed by atoms with Gasteiger partial charge in [-0.25, -0.2) is 4.39 Å². The maximum absolute atomic E-state index is 13.5. The number of halogens is 2. The van der Waals surface area contributed by atoms with Crippen LogP contribution < -0.4 is 5.32 Å². The van der Waals surface area contributed by atoms with Crippen molar-refractivity contribution in [1.82, 2.24) is 10.2 Å². The molecule has 3 nitrogen and oxygen atoms in total. The van der Waals surface area contributed by atoms with E-state index in [0.717, 1.165) is 13.1 Å². The highest BCUT2D eigenvalue weighted by Gasteiger charge is 2.17. The fourth-order valence-electron chi connectivity index (χ4n) is 1.87. The van der Waals surface area contributed by atoms with Crippen LogP contribution >= 0.6 is 11.6 Å². The first kappa shape index (κ1) is 12.3. The van der Waals surface area contributed by atoms with Crippen LogP contribution in [0.3, 0.4) is 0 Å². The minimum Gasteiger partial charge on any atom is -0.340 e. The van der Waals surface area contributed by atoms with Gasteiger partial charge in [-0.15, -0.1) is 0 Å². The first-order valence-electron chi connectivity index (χ1n) is 5.59.